The third-order valence-electron chi connectivity index (χ3n) is 1.70. The fourth-order valence-electron chi connectivity index (χ4n) is 0.949. The molecule has 1 amide bonds. The van der Waals surface area contributed by atoms with Crippen LogP contribution in [-0.4, -0.2) is 35.7 Å². The molecular formula is C10H10ClNO4. The minimum atomic E-state index is -1.10. The van der Waals surface area contributed by atoms with Gasteiger partial charge in [0.2, 0.25) is 0 Å². The van der Waals surface area contributed by atoms with Crippen molar-refractivity contribution in [1.82, 2.24) is 4.90 Å². The third kappa shape index (κ3) is 3.78. The number of carbonyl (C=O) groups excluding carboxylic acids is 1. The van der Waals surface area contributed by atoms with Crippen LogP contribution >= 0.6 is 11.6 Å². The van der Waals surface area contributed by atoms with E-state index in [1.807, 2.05) is 0 Å². The van der Waals surface area contributed by atoms with Gasteiger partial charge >= 0.3 is 12.1 Å². The Bertz CT molecular complexity index is 390. The number of hydrogen-bond donors (Lipinski definition) is 1. The summed E-state index contributed by atoms with van der Waals surface area (Å²) in [5, 5.41) is 8.99. The molecule has 16 heavy (non-hydrogen) atoms. The molecule has 0 radical (unpaired) electrons. The van der Waals surface area contributed by atoms with Gasteiger partial charge in [0.25, 0.3) is 0 Å². The van der Waals surface area contributed by atoms with E-state index in [2.05, 4.69) is 0 Å². The number of ether oxygens (including phenoxy) is 1. The van der Waals surface area contributed by atoms with E-state index in [-0.39, 0.29) is 0 Å². The maximum absolute atomic E-state index is 11.3. The molecule has 1 aromatic carbocycles. The molecule has 1 aromatic rings. The Morgan fingerprint density at radius 3 is 2.44 bits per heavy atom. The molecule has 0 atom stereocenters. The quantitative estimate of drug-likeness (QED) is 0.880. The average Bonchev–Trinajstić information content (AvgIpc) is 2.20. The Balaban J connectivity index is 2.57. The summed E-state index contributed by atoms with van der Waals surface area (Å²) < 4.78 is 4.90. The van der Waals surface area contributed by atoms with E-state index in [9.17, 15) is 9.59 Å². The summed E-state index contributed by atoms with van der Waals surface area (Å²) in [4.78, 5) is 22.6. The van der Waals surface area contributed by atoms with Gasteiger partial charge in [0.15, 0.2) is 0 Å². The standard InChI is InChI=1S/C10H10ClNO4/c1-12(6-9(13)14)10(15)16-8-4-2-7(11)3-5-8/h2-5H,6H2,1H3,(H,13,14). The number of aliphatic carboxylic acids is 1. The second kappa shape index (κ2) is 5.37. The fraction of sp³-hybridized carbons (Fsp3) is 0.200. The molecule has 1 rings (SSSR count). The molecular weight excluding hydrogens is 234 g/mol. The lowest BCUT2D eigenvalue weighted by molar-refractivity contribution is -0.137. The summed E-state index contributed by atoms with van der Waals surface area (Å²) in [5.74, 6) is -0.790. The van der Waals surface area contributed by atoms with Gasteiger partial charge in [-0.3, -0.25) is 9.69 Å². The highest BCUT2D eigenvalue weighted by Crippen LogP contribution is 2.16. The van der Waals surface area contributed by atoms with E-state index in [0.717, 1.165) is 4.90 Å². The van der Waals surface area contributed by atoms with E-state index in [1.165, 1.54) is 19.2 Å². The largest absolute Gasteiger partial charge is 0.480 e. The molecule has 0 saturated heterocycles. The molecule has 86 valence electrons. The monoisotopic (exact) mass is 243 g/mol. The van der Waals surface area contributed by atoms with Gasteiger partial charge in [0.05, 0.1) is 0 Å². The zero-order chi connectivity index (χ0) is 12.1. The first kappa shape index (κ1) is 12.3. The Hall–Kier alpha value is -1.75. The van der Waals surface area contributed by atoms with Gasteiger partial charge in [0.1, 0.15) is 12.3 Å². The first-order chi connectivity index (χ1) is 7.49. The van der Waals surface area contributed by atoms with Gasteiger partial charge in [-0.2, -0.15) is 0 Å². The minimum Gasteiger partial charge on any atom is -0.480 e. The number of hydrogen-bond acceptors (Lipinski definition) is 3. The third-order valence-corrected chi connectivity index (χ3v) is 1.95. The van der Waals surface area contributed by atoms with Crippen molar-refractivity contribution in [3.63, 3.8) is 0 Å². The number of rotatable bonds is 3. The average molecular weight is 244 g/mol. The summed E-state index contributed by atoms with van der Waals surface area (Å²) in [6, 6.07) is 6.19. The first-order valence-electron chi connectivity index (χ1n) is 4.39. The number of halogens is 1. The molecule has 0 saturated carbocycles. The highest BCUT2D eigenvalue weighted by atomic mass is 35.5. The van der Waals surface area contributed by atoms with E-state index < -0.39 is 18.6 Å². The smallest absolute Gasteiger partial charge is 0.415 e. The van der Waals surface area contributed by atoms with Crippen LogP contribution in [0.3, 0.4) is 0 Å². The van der Waals surface area contributed by atoms with E-state index in [0.29, 0.717) is 10.8 Å². The lowest BCUT2D eigenvalue weighted by atomic mass is 10.3. The second-order valence-corrected chi connectivity index (χ2v) is 3.51. The van der Waals surface area contributed by atoms with Crippen LogP contribution in [0, 0.1) is 0 Å². The van der Waals surface area contributed by atoms with Crippen LogP contribution in [0.2, 0.25) is 5.02 Å². The summed E-state index contributed by atoms with van der Waals surface area (Å²) >= 11 is 5.65. The number of likely N-dealkylation sites (N-methyl/N-ethyl adjacent to an activating group) is 1. The van der Waals surface area contributed by atoms with Gasteiger partial charge in [-0.15, -0.1) is 0 Å². The fourth-order valence-corrected chi connectivity index (χ4v) is 1.07. The number of amides is 1. The summed E-state index contributed by atoms with van der Waals surface area (Å²) in [6.07, 6.45) is -0.732. The molecule has 6 heteroatoms. The molecule has 1 N–H and O–H groups in total. The lowest BCUT2D eigenvalue weighted by Crippen LogP contribution is -2.34. The van der Waals surface area contributed by atoms with Gasteiger partial charge in [0, 0.05) is 12.1 Å². The maximum atomic E-state index is 11.3. The molecule has 0 aromatic heterocycles. The highest BCUT2D eigenvalue weighted by Gasteiger charge is 2.13. The van der Waals surface area contributed by atoms with Crippen LogP contribution in [0.1, 0.15) is 0 Å². The van der Waals surface area contributed by atoms with Gasteiger partial charge in [-0.05, 0) is 24.3 Å². The maximum Gasteiger partial charge on any atom is 0.415 e. The molecule has 0 bridgehead atoms. The lowest BCUT2D eigenvalue weighted by Gasteiger charge is -2.14. The SMILES string of the molecule is CN(CC(=O)O)C(=O)Oc1ccc(Cl)cc1. The van der Waals surface area contributed by atoms with Gasteiger partial charge in [-0.25, -0.2) is 4.79 Å². The summed E-state index contributed by atoms with van der Waals surface area (Å²) in [7, 11) is 1.34. The van der Waals surface area contributed by atoms with Crippen molar-refractivity contribution in [3.8, 4) is 5.75 Å². The van der Waals surface area contributed by atoms with Gasteiger partial charge in [-0.1, -0.05) is 11.6 Å². The molecule has 5 nitrogen and oxygen atoms in total. The molecule has 0 unspecified atom stereocenters. The van der Waals surface area contributed by atoms with Crippen molar-refractivity contribution < 1.29 is 19.4 Å². The predicted octanol–water partition coefficient (Wildman–Crippen LogP) is 1.86. The Kier molecular flexibility index (Phi) is 4.13. The summed E-state index contributed by atoms with van der Waals surface area (Å²) in [6.45, 7) is -0.410. The molecule has 0 spiro atoms. The zero-order valence-electron chi connectivity index (χ0n) is 8.51. The van der Waals surface area contributed by atoms with Crippen LogP contribution in [0.15, 0.2) is 24.3 Å². The van der Waals surface area contributed by atoms with E-state index >= 15 is 0 Å². The Labute approximate surface area is 97.2 Å². The topological polar surface area (TPSA) is 66.8 Å². The van der Waals surface area contributed by atoms with Crippen molar-refractivity contribution in [2.75, 3.05) is 13.6 Å². The van der Waals surface area contributed by atoms with Crippen molar-refractivity contribution in [2.24, 2.45) is 0 Å². The molecule has 0 aliphatic carbocycles. The van der Waals surface area contributed by atoms with Crippen LogP contribution in [-0.2, 0) is 4.79 Å². The van der Waals surface area contributed by atoms with Crippen molar-refractivity contribution in [1.29, 1.82) is 0 Å². The van der Waals surface area contributed by atoms with E-state index in [4.69, 9.17) is 21.4 Å². The van der Waals surface area contributed by atoms with Crippen LogP contribution in [0.5, 0.6) is 5.75 Å². The number of carbonyl (C=O) groups is 2. The van der Waals surface area contributed by atoms with Crippen LogP contribution in [0.25, 0.3) is 0 Å². The van der Waals surface area contributed by atoms with Crippen molar-refractivity contribution in [3.05, 3.63) is 29.3 Å². The Morgan fingerprint density at radius 1 is 1.38 bits per heavy atom. The minimum absolute atomic E-state index is 0.312. The molecule has 0 heterocycles. The van der Waals surface area contributed by atoms with Crippen molar-refractivity contribution >= 4 is 23.7 Å². The van der Waals surface area contributed by atoms with E-state index in [1.54, 1.807) is 12.1 Å². The normalized spacial score (nSPS) is 9.62. The van der Waals surface area contributed by atoms with Crippen LogP contribution in [0.4, 0.5) is 4.79 Å². The highest BCUT2D eigenvalue weighted by molar-refractivity contribution is 6.30. The zero-order valence-corrected chi connectivity index (χ0v) is 9.27. The predicted molar refractivity (Wildman–Crippen MR) is 57.7 cm³/mol. The number of carboxylic acids is 1. The molecule has 0 aliphatic heterocycles. The molecule has 0 aliphatic rings. The molecule has 0 fully saturated rings. The number of benzene rings is 1. The number of nitrogens with zero attached hydrogens (tertiary/aromatic N) is 1. The Morgan fingerprint density at radius 2 is 1.94 bits per heavy atom. The van der Waals surface area contributed by atoms with Gasteiger partial charge < -0.3 is 9.84 Å². The van der Waals surface area contributed by atoms with Crippen LogP contribution < -0.4 is 4.74 Å². The summed E-state index contributed by atoms with van der Waals surface area (Å²) in [5.41, 5.74) is 0. The first-order valence-corrected chi connectivity index (χ1v) is 4.77. The number of carboxylic acid groups (broad SMARTS) is 1. The second-order valence-electron chi connectivity index (χ2n) is 3.07. The van der Waals surface area contributed by atoms with Crippen molar-refractivity contribution in [2.45, 2.75) is 0 Å².